The van der Waals surface area contributed by atoms with Crippen molar-refractivity contribution < 1.29 is 14.2 Å². The fourth-order valence-electron chi connectivity index (χ4n) is 3.16. The molecule has 1 N–H and O–H groups in total. The number of hydrogen-bond acceptors (Lipinski definition) is 7. The third-order valence-corrected chi connectivity index (χ3v) is 4.42. The Balaban J connectivity index is 1.40. The number of aromatic nitrogens is 3. The monoisotopic (exact) mass is 304 g/mol. The van der Waals surface area contributed by atoms with E-state index in [4.69, 9.17) is 9.05 Å². The van der Waals surface area contributed by atoms with E-state index in [1.165, 1.54) is 0 Å². The van der Waals surface area contributed by atoms with Crippen LogP contribution in [0, 0.1) is 0 Å². The van der Waals surface area contributed by atoms with Gasteiger partial charge in [0.1, 0.15) is 6.26 Å². The van der Waals surface area contributed by atoms with Gasteiger partial charge in [-0.2, -0.15) is 4.98 Å². The van der Waals surface area contributed by atoms with Crippen molar-refractivity contribution in [1.82, 2.24) is 20.2 Å². The molecule has 1 aliphatic carbocycles. The molecule has 1 saturated carbocycles. The van der Waals surface area contributed by atoms with Crippen LogP contribution in [0.3, 0.4) is 0 Å². The lowest BCUT2D eigenvalue weighted by Crippen LogP contribution is -2.49. The number of piperidine rings is 1. The van der Waals surface area contributed by atoms with Crippen LogP contribution in [-0.4, -0.2) is 44.0 Å². The van der Waals surface area contributed by atoms with Gasteiger partial charge in [-0.1, -0.05) is 10.3 Å². The van der Waals surface area contributed by atoms with Crippen LogP contribution in [0.5, 0.6) is 0 Å². The van der Waals surface area contributed by atoms with Crippen molar-refractivity contribution in [2.24, 2.45) is 0 Å². The number of nitrogens with zero attached hydrogens (tertiary/aromatic N) is 4. The van der Waals surface area contributed by atoms with Crippen molar-refractivity contribution in [3.63, 3.8) is 0 Å². The summed E-state index contributed by atoms with van der Waals surface area (Å²) in [5, 5.41) is 18.8. The molecule has 1 unspecified atom stereocenters. The zero-order valence-electron chi connectivity index (χ0n) is 12.4. The van der Waals surface area contributed by atoms with Crippen LogP contribution < -0.4 is 0 Å². The molecule has 2 aliphatic rings. The summed E-state index contributed by atoms with van der Waals surface area (Å²) in [5.41, 5.74) is 0.0769. The van der Waals surface area contributed by atoms with Crippen LogP contribution >= 0.6 is 0 Å². The van der Waals surface area contributed by atoms with Crippen LogP contribution in [0.2, 0.25) is 0 Å². The minimum absolute atomic E-state index is 0.419. The lowest BCUT2D eigenvalue weighted by Gasteiger charge is -2.38. The summed E-state index contributed by atoms with van der Waals surface area (Å²) in [6.07, 6.45) is 5.98. The second kappa shape index (κ2) is 5.48. The Kier molecular flexibility index (Phi) is 3.46. The second-order valence-corrected chi connectivity index (χ2v) is 6.53. The molecule has 1 atom stereocenters. The van der Waals surface area contributed by atoms with Crippen LogP contribution in [0.4, 0.5) is 0 Å². The number of aliphatic hydroxyl groups is 1. The molecule has 4 rings (SSSR count). The topological polar surface area (TPSA) is 88.4 Å². The highest BCUT2D eigenvalue weighted by molar-refractivity contribution is 5.05. The molecule has 7 heteroatoms. The van der Waals surface area contributed by atoms with Gasteiger partial charge in [-0.25, -0.2) is 0 Å². The Hall–Kier alpha value is -1.73. The highest BCUT2D eigenvalue weighted by atomic mass is 16.5. The average molecular weight is 304 g/mol. The first-order valence-electron chi connectivity index (χ1n) is 7.87. The molecule has 2 fully saturated rings. The normalized spacial score (nSPS) is 26.4. The maximum atomic E-state index is 10.9. The standard InChI is InChI=1S/C15H20N4O3/c20-15(8-13-16-14(18-22-13)11-2-3-11)5-1-6-19(10-15)9-12-4-7-21-17-12/h4,7,11,20H,1-3,5-6,8-10H2. The highest BCUT2D eigenvalue weighted by Crippen LogP contribution is 2.38. The van der Waals surface area contributed by atoms with E-state index in [-0.39, 0.29) is 0 Å². The predicted molar refractivity (Wildman–Crippen MR) is 75.9 cm³/mol. The van der Waals surface area contributed by atoms with Crippen molar-refractivity contribution in [2.45, 2.75) is 50.2 Å². The first kappa shape index (κ1) is 13.9. The molecule has 22 heavy (non-hydrogen) atoms. The van der Waals surface area contributed by atoms with Crippen LogP contribution in [0.15, 0.2) is 21.4 Å². The Morgan fingerprint density at radius 3 is 3.05 bits per heavy atom. The molecule has 2 aromatic rings. The third-order valence-electron chi connectivity index (χ3n) is 4.42. The molecule has 0 bridgehead atoms. The van der Waals surface area contributed by atoms with E-state index >= 15 is 0 Å². The van der Waals surface area contributed by atoms with E-state index in [9.17, 15) is 5.11 Å². The van der Waals surface area contributed by atoms with E-state index in [1.54, 1.807) is 6.26 Å². The van der Waals surface area contributed by atoms with E-state index < -0.39 is 5.60 Å². The molecule has 0 amide bonds. The summed E-state index contributed by atoms with van der Waals surface area (Å²) >= 11 is 0. The third kappa shape index (κ3) is 3.05. The number of likely N-dealkylation sites (tertiary alicyclic amines) is 1. The summed E-state index contributed by atoms with van der Waals surface area (Å²) in [6, 6.07) is 1.85. The maximum Gasteiger partial charge on any atom is 0.229 e. The summed E-state index contributed by atoms with van der Waals surface area (Å²) in [6.45, 7) is 2.23. The summed E-state index contributed by atoms with van der Waals surface area (Å²) < 4.78 is 10.2. The predicted octanol–water partition coefficient (Wildman–Crippen LogP) is 1.50. The second-order valence-electron chi connectivity index (χ2n) is 6.53. The van der Waals surface area contributed by atoms with Gasteiger partial charge in [0.05, 0.1) is 17.7 Å². The molecule has 0 aromatic carbocycles. The molecule has 1 saturated heterocycles. The number of hydrogen-bond donors (Lipinski definition) is 1. The van der Waals surface area contributed by atoms with Crippen molar-refractivity contribution in [1.29, 1.82) is 0 Å². The SMILES string of the molecule is OC1(Cc2nc(C3CC3)no2)CCCN(Cc2ccon2)C1. The van der Waals surface area contributed by atoms with Crippen LogP contribution in [-0.2, 0) is 13.0 Å². The minimum atomic E-state index is -0.810. The summed E-state index contributed by atoms with van der Waals surface area (Å²) in [7, 11) is 0. The Morgan fingerprint density at radius 1 is 1.36 bits per heavy atom. The molecule has 2 aromatic heterocycles. The van der Waals surface area contributed by atoms with Gasteiger partial charge >= 0.3 is 0 Å². The number of β-amino-alcohol motifs (C(OH)–C–C–N with tert-alkyl or cyclic N) is 1. The van der Waals surface area contributed by atoms with Gasteiger partial charge in [-0.05, 0) is 32.2 Å². The van der Waals surface area contributed by atoms with Gasteiger partial charge in [0.25, 0.3) is 0 Å². The van der Waals surface area contributed by atoms with Crippen molar-refractivity contribution >= 4 is 0 Å². The molecular formula is C15H20N4O3. The fourth-order valence-corrected chi connectivity index (χ4v) is 3.16. The lowest BCUT2D eigenvalue weighted by molar-refractivity contribution is -0.0378. The number of rotatable bonds is 5. The smallest absolute Gasteiger partial charge is 0.229 e. The van der Waals surface area contributed by atoms with Crippen molar-refractivity contribution in [2.75, 3.05) is 13.1 Å². The zero-order valence-corrected chi connectivity index (χ0v) is 12.4. The van der Waals surface area contributed by atoms with Crippen LogP contribution in [0.1, 0.15) is 49.0 Å². The minimum Gasteiger partial charge on any atom is -0.388 e. The van der Waals surface area contributed by atoms with Gasteiger partial charge in [0, 0.05) is 25.1 Å². The Morgan fingerprint density at radius 2 is 2.27 bits per heavy atom. The molecule has 1 aliphatic heterocycles. The summed E-state index contributed by atoms with van der Waals surface area (Å²) in [5.74, 6) is 1.82. The Labute approximate surface area is 128 Å². The molecule has 7 nitrogen and oxygen atoms in total. The van der Waals surface area contributed by atoms with Gasteiger partial charge in [0.2, 0.25) is 5.89 Å². The maximum absolute atomic E-state index is 10.9. The van der Waals surface area contributed by atoms with E-state index in [0.29, 0.717) is 31.3 Å². The fraction of sp³-hybridized carbons (Fsp3) is 0.667. The van der Waals surface area contributed by atoms with Gasteiger partial charge in [0.15, 0.2) is 5.82 Å². The van der Waals surface area contributed by atoms with Gasteiger partial charge in [-0.3, -0.25) is 4.90 Å². The lowest BCUT2D eigenvalue weighted by atomic mass is 9.89. The molecule has 3 heterocycles. The van der Waals surface area contributed by atoms with Crippen LogP contribution in [0.25, 0.3) is 0 Å². The highest BCUT2D eigenvalue weighted by Gasteiger charge is 2.36. The Bertz CT molecular complexity index is 623. The first-order valence-corrected chi connectivity index (χ1v) is 7.87. The van der Waals surface area contributed by atoms with Gasteiger partial charge < -0.3 is 14.2 Å². The quantitative estimate of drug-likeness (QED) is 0.895. The molecule has 0 radical (unpaired) electrons. The first-order chi connectivity index (χ1) is 10.7. The average Bonchev–Trinajstić information content (AvgIpc) is 3.02. The van der Waals surface area contributed by atoms with E-state index in [1.807, 2.05) is 6.07 Å². The molecular weight excluding hydrogens is 284 g/mol. The zero-order chi connectivity index (χ0) is 15.0. The largest absolute Gasteiger partial charge is 0.388 e. The van der Waals surface area contributed by atoms with E-state index in [0.717, 1.165) is 43.7 Å². The molecule has 118 valence electrons. The van der Waals surface area contributed by atoms with Crippen molar-refractivity contribution in [3.05, 3.63) is 29.7 Å². The van der Waals surface area contributed by atoms with Gasteiger partial charge in [-0.15, -0.1) is 0 Å². The summed E-state index contributed by atoms with van der Waals surface area (Å²) in [4.78, 5) is 6.62. The van der Waals surface area contributed by atoms with E-state index in [2.05, 4.69) is 20.2 Å². The molecule has 0 spiro atoms. The van der Waals surface area contributed by atoms with Crippen molar-refractivity contribution in [3.8, 4) is 0 Å².